The van der Waals surface area contributed by atoms with Gasteiger partial charge in [0.15, 0.2) is 0 Å². The highest BCUT2D eigenvalue weighted by atomic mass is 32.2. The van der Waals surface area contributed by atoms with Crippen LogP contribution in [0.15, 0.2) is 53.4 Å². The summed E-state index contributed by atoms with van der Waals surface area (Å²) in [5, 5.41) is 4.14. The molecule has 1 N–H and O–H groups in total. The van der Waals surface area contributed by atoms with Gasteiger partial charge in [-0.25, -0.2) is 13.4 Å². The Balaban J connectivity index is 1.63. The van der Waals surface area contributed by atoms with E-state index in [1.54, 1.807) is 18.2 Å². The van der Waals surface area contributed by atoms with Gasteiger partial charge in [-0.1, -0.05) is 12.1 Å². The minimum Gasteiger partial charge on any atom is -0.379 e. The number of pyridine rings is 1. The molecule has 1 fully saturated rings. The molecule has 28 heavy (non-hydrogen) atoms. The third kappa shape index (κ3) is 3.73. The fourth-order valence-corrected chi connectivity index (χ4v) is 4.72. The third-order valence-electron chi connectivity index (χ3n) is 4.92. The van der Waals surface area contributed by atoms with Crippen molar-refractivity contribution in [3.63, 3.8) is 0 Å². The van der Waals surface area contributed by atoms with E-state index in [9.17, 15) is 8.42 Å². The smallest absolute Gasteiger partial charge is 0.243 e. The number of anilines is 2. The van der Waals surface area contributed by atoms with Crippen molar-refractivity contribution in [3.8, 4) is 0 Å². The molecule has 0 atom stereocenters. The third-order valence-corrected chi connectivity index (χ3v) is 6.82. The van der Waals surface area contributed by atoms with Crippen LogP contribution in [-0.2, 0) is 14.8 Å². The van der Waals surface area contributed by atoms with Crippen LogP contribution in [0.5, 0.6) is 0 Å². The summed E-state index contributed by atoms with van der Waals surface area (Å²) in [6.45, 7) is 5.73. The van der Waals surface area contributed by atoms with Crippen molar-refractivity contribution in [3.05, 3.63) is 59.7 Å². The second-order valence-electron chi connectivity index (χ2n) is 7.01. The lowest BCUT2D eigenvalue weighted by Gasteiger charge is -2.26. The first-order valence-corrected chi connectivity index (χ1v) is 10.7. The Labute approximate surface area is 165 Å². The molecule has 146 valence electrons. The highest BCUT2D eigenvalue weighted by Gasteiger charge is 2.26. The zero-order valence-corrected chi connectivity index (χ0v) is 16.8. The van der Waals surface area contributed by atoms with Gasteiger partial charge in [-0.05, 0) is 61.4 Å². The molecule has 0 saturated carbocycles. The van der Waals surface area contributed by atoms with Gasteiger partial charge in [0.1, 0.15) is 5.82 Å². The molecular formula is C21H23N3O3S. The molecule has 1 aliphatic heterocycles. The average Bonchev–Trinajstić information content (AvgIpc) is 2.71. The van der Waals surface area contributed by atoms with Gasteiger partial charge in [-0.2, -0.15) is 4.31 Å². The molecule has 1 aromatic heterocycles. The number of hydrogen-bond donors (Lipinski definition) is 1. The van der Waals surface area contributed by atoms with E-state index in [0.717, 1.165) is 28.0 Å². The molecule has 6 nitrogen and oxygen atoms in total. The summed E-state index contributed by atoms with van der Waals surface area (Å²) in [5.74, 6) is 0.727. The molecule has 0 unspecified atom stereocenters. The molecule has 7 heteroatoms. The number of ether oxygens (including phenoxy) is 1. The molecule has 0 bridgehead atoms. The summed E-state index contributed by atoms with van der Waals surface area (Å²) in [6, 6.07) is 15.1. The van der Waals surface area contributed by atoms with Gasteiger partial charge in [0.25, 0.3) is 0 Å². The summed E-state index contributed by atoms with van der Waals surface area (Å²) in [4.78, 5) is 4.93. The van der Waals surface area contributed by atoms with E-state index in [1.165, 1.54) is 9.87 Å². The van der Waals surface area contributed by atoms with Gasteiger partial charge in [-0.15, -0.1) is 0 Å². The number of nitrogens with zero attached hydrogens (tertiary/aromatic N) is 2. The number of fused-ring (bicyclic) bond motifs is 1. The number of rotatable bonds is 4. The van der Waals surface area contributed by atoms with Crippen LogP contribution < -0.4 is 5.32 Å². The average molecular weight is 398 g/mol. The van der Waals surface area contributed by atoms with Gasteiger partial charge in [0, 0.05) is 24.2 Å². The van der Waals surface area contributed by atoms with E-state index < -0.39 is 10.0 Å². The number of hydrogen-bond acceptors (Lipinski definition) is 5. The van der Waals surface area contributed by atoms with Crippen LogP contribution >= 0.6 is 0 Å². The molecule has 2 heterocycles. The molecule has 0 amide bonds. The van der Waals surface area contributed by atoms with Crippen molar-refractivity contribution in [2.45, 2.75) is 18.7 Å². The lowest BCUT2D eigenvalue weighted by Crippen LogP contribution is -2.40. The standard InChI is InChI=1S/C21H23N3O3S/c1-15-3-4-16(2)20(13-15)23-21-8-5-17-14-18(6-7-19(17)22-21)28(25,26)24-9-11-27-12-10-24/h3-8,13-14H,9-12H2,1-2H3,(H,22,23). The van der Waals surface area contributed by atoms with Crippen molar-refractivity contribution in [2.24, 2.45) is 0 Å². The largest absolute Gasteiger partial charge is 0.379 e. The molecule has 1 aliphatic rings. The first-order valence-electron chi connectivity index (χ1n) is 9.26. The van der Waals surface area contributed by atoms with Crippen LogP contribution in [0.25, 0.3) is 10.9 Å². The van der Waals surface area contributed by atoms with Crippen LogP contribution in [0, 0.1) is 13.8 Å². The summed E-state index contributed by atoms with van der Waals surface area (Å²) in [5.41, 5.74) is 4.07. The number of nitrogens with one attached hydrogen (secondary N) is 1. The topological polar surface area (TPSA) is 71.5 Å². The Morgan fingerprint density at radius 1 is 1.00 bits per heavy atom. The number of morpholine rings is 1. The Kier molecular flexibility index (Phi) is 5.05. The maximum absolute atomic E-state index is 12.8. The van der Waals surface area contributed by atoms with Gasteiger partial charge in [0.2, 0.25) is 10.0 Å². The van der Waals surface area contributed by atoms with E-state index in [0.29, 0.717) is 31.2 Å². The van der Waals surface area contributed by atoms with Crippen LogP contribution in [-0.4, -0.2) is 44.0 Å². The number of benzene rings is 2. The summed E-state index contributed by atoms with van der Waals surface area (Å²) in [7, 11) is -3.51. The van der Waals surface area contributed by atoms with Crippen molar-refractivity contribution >= 4 is 32.4 Å². The van der Waals surface area contributed by atoms with E-state index in [1.807, 2.05) is 19.1 Å². The van der Waals surface area contributed by atoms with Gasteiger partial charge >= 0.3 is 0 Å². The monoisotopic (exact) mass is 397 g/mol. The van der Waals surface area contributed by atoms with Crippen molar-refractivity contribution < 1.29 is 13.2 Å². The van der Waals surface area contributed by atoms with Crippen LogP contribution in [0.2, 0.25) is 0 Å². The van der Waals surface area contributed by atoms with E-state index in [2.05, 4.69) is 35.4 Å². The number of sulfonamides is 1. The van der Waals surface area contributed by atoms with Crippen LogP contribution in [0.1, 0.15) is 11.1 Å². The molecule has 0 aliphatic carbocycles. The van der Waals surface area contributed by atoms with Gasteiger partial charge < -0.3 is 10.1 Å². The number of aryl methyl sites for hydroxylation is 2. The van der Waals surface area contributed by atoms with Crippen LogP contribution in [0.3, 0.4) is 0 Å². The molecule has 1 saturated heterocycles. The first kappa shape index (κ1) is 18.9. The SMILES string of the molecule is Cc1ccc(C)c(Nc2ccc3cc(S(=O)(=O)N4CCOCC4)ccc3n2)c1. The van der Waals surface area contributed by atoms with Gasteiger partial charge in [0.05, 0.1) is 23.6 Å². The zero-order chi connectivity index (χ0) is 19.7. The summed E-state index contributed by atoms with van der Waals surface area (Å²) in [6.07, 6.45) is 0. The Bertz CT molecular complexity index is 1120. The Morgan fingerprint density at radius 3 is 2.57 bits per heavy atom. The van der Waals surface area contributed by atoms with Crippen LogP contribution in [0.4, 0.5) is 11.5 Å². The molecule has 4 rings (SSSR count). The minimum atomic E-state index is -3.51. The lowest BCUT2D eigenvalue weighted by molar-refractivity contribution is 0.0730. The number of aromatic nitrogens is 1. The van der Waals surface area contributed by atoms with E-state index in [-0.39, 0.29) is 0 Å². The Hall–Kier alpha value is -2.48. The predicted molar refractivity (Wildman–Crippen MR) is 111 cm³/mol. The van der Waals surface area contributed by atoms with Crippen molar-refractivity contribution in [2.75, 3.05) is 31.6 Å². The normalized spacial score (nSPS) is 15.6. The molecule has 0 spiro atoms. The van der Waals surface area contributed by atoms with E-state index >= 15 is 0 Å². The highest BCUT2D eigenvalue weighted by molar-refractivity contribution is 7.89. The maximum atomic E-state index is 12.8. The molecular weight excluding hydrogens is 374 g/mol. The summed E-state index contributed by atoms with van der Waals surface area (Å²) >= 11 is 0. The fourth-order valence-electron chi connectivity index (χ4n) is 3.28. The zero-order valence-electron chi connectivity index (χ0n) is 16.0. The van der Waals surface area contributed by atoms with Gasteiger partial charge in [-0.3, -0.25) is 0 Å². The first-order chi connectivity index (χ1) is 13.4. The second kappa shape index (κ2) is 7.50. The summed E-state index contributed by atoms with van der Waals surface area (Å²) < 4.78 is 32.4. The molecule has 2 aromatic carbocycles. The van der Waals surface area contributed by atoms with Crippen molar-refractivity contribution in [1.82, 2.24) is 9.29 Å². The fraction of sp³-hybridized carbons (Fsp3) is 0.286. The van der Waals surface area contributed by atoms with Crippen molar-refractivity contribution in [1.29, 1.82) is 0 Å². The molecule has 3 aromatic rings. The quantitative estimate of drug-likeness (QED) is 0.728. The Morgan fingerprint density at radius 2 is 1.79 bits per heavy atom. The lowest BCUT2D eigenvalue weighted by atomic mass is 10.1. The van der Waals surface area contributed by atoms with E-state index in [4.69, 9.17) is 4.74 Å². The second-order valence-corrected chi connectivity index (χ2v) is 8.95. The minimum absolute atomic E-state index is 0.291. The molecule has 0 radical (unpaired) electrons. The maximum Gasteiger partial charge on any atom is 0.243 e. The highest BCUT2D eigenvalue weighted by Crippen LogP contribution is 2.25. The predicted octanol–water partition coefficient (Wildman–Crippen LogP) is 3.62.